The van der Waals surface area contributed by atoms with Crippen molar-refractivity contribution in [2.75, 3.05) is 141 Å². The van der Waals surface area contributed by atoms with Gasteiger partial charge in [0.25, 0.3) is 0 Å². The summed E-state index contributed by atoms with van der Waals surface area (Å²) in [4.78, 5) is 0. The van der Waals surface area contributed by atoms with Crippen molar-refractivity contribution in [3.05, 3.63) is 0 Å². The average Bonchev–Trinajstić information content (AvgIpc) is 2.72. The Morgan fingerprint density at radius 3 is 0.553 bits per heavy atom. The molecule has 232 valence electrons. The number of nitrogens with zero attached hydrogens (tertiary/aromatic N) is 13. The van der Waals surface area contributed by atoms with Crippen molar-refractivity contribution in [3.63, 3.8) is 0 Å². The van der Waals surface area contributed by atoms with Gasteiger partial charge in [-0.1, -0.05) is 0 Å². The minimum absolute atomic E-state index is 1.97. The van der Waals surface area contributed by atoms with E-state index < -0.39 is 29.1 Å². The maximum atomic E-state index is 8.28. The molecule has 0 aliphatic carbocycles. The fraction of sp³-hybridized carbons (Fsp3) is 1.00. The van der Waals surface area contributed by atoms with Crippen molar-refractivity contribution >= 4 is 40.3 Å². The molecule has 0 rings (SSSR count). The van der Waals surface area contributed by atoms with E-state index in [2.05, 4.69) is 169 Å². The standard InChI is InChI=1S/C20H60ClN13P4/c1-25(2)35(26(3)4,27(5)6)22-38(21,34(19)20,23-36(28(7)8,29(9)10)30(11)12)24-37(31(13)14,32(15)16)33(17)18/h1-20H3. The van der Waals surface area contributed by atoms with Gasteiger partial charge in [-0.05, 0) is 0 Å². The van der Waals surface area contributed by atoms with Gasteiger partial charge in [-0.2, -0.15) is 0 Å². The molecular formula is C20H60ClN13P4. The molecule has 0 fully saturated rings. The first kappa shape index (κ1) is 39.0. The van der Waals surface area contributed by atoms with Crippen LogP contribution in [0.25, 0.3) is 0 Å². The van der Waals surface area contributed by atoms with E-state index in [0.717, 1.165) is 0 Å². The van der Waals surface area contributed by atoms with E-state index in [1.807, 2.05) is 18.8 Å². The fourth-order valence-electron chi connectivity index (χ4n) is 4.85. The molecule has 0 aromatic carbocycles. The van der Waals surface area contributed by atoms with Gasteiger partial charge in [-0.25, -0.2) is 0 Å². The van der Waals surface area contributed by atoms with Crippen molar-refractivity contribution in [1.29, 1.82) is 0 Å². The van der Waals surface area contributed by atoms with Crippen LogP contribution in [0.2, 0.25) is 0 Å². The molecule has 0 saturated carbocycles. The summed E-state index contributed by atoms with van der Waals surface area (Å²) >= 11 is 8.28. The van der Waals surface area contributed by atoms with Crippen molar-refractivity contribution in [2.45, 2.75) is 0 Å². The van der Waals surface area contributed by atoms with E-state index >= 15 is 0 Å². The molecule has 0 aromatic rings. The molecule has 0 amide bonds. The molecule has 0 unspecified atom stereocenters. The van der Waals surface area contributed by atoms with Crippen LogP contribution >= 0.6 is 40.3 Å². The van der Waals surface area contributed by atoms with Gasteiger partial charge in [0.2, 0.25) is 0 Å². The van der Waals surface area contributed by atoms with Crippen molar-refractivity contribution in [1.82, 2.24) is 46.7 Å². The van der Waals surface area contributed by atoms with Gasteiger partial charge >= 0.3 is 242 Å². The summed E-state index contributed by atoms with van der Waals surface area (Å²) in [5, 5.41) is 0. The quantitative estimate of drug-likeness (QED) is 0.262. The van der Waals surface area contributed by atoms with Gasteiger partial charge in [0.1, 0.15) is 0 Å². The molecule has 0 bridgehead atoms. The molecular weight excluding hydrogens is 582 g/mol. The number of hydrogen-bond acceptors (Lipinski definition) is 4. The third-order valence-corrected chi connectivity index (χ3v) is 26.7. The summed E-state index contributed by atoms with van der Waals surface area (Å²) < 4.78 is 39.0. The Balaban J connectivity index is 9.36. The first-order chi connectivity index (χ1) is 16.9. The van der Waals surface area contributed by atoms with E-state index in [0.29, 0.717) is 0 Å². The van der Waals surface area contributed by atoms with Crippen LogP contribution in [0.5, 0.6) is 0 Å². The molecule has 0 N–H and O–H groups in total. The average molecular weight is 642 g/mol. The fourth-order valence-corrected chi connectivity index (χ4v) is 27.8. The first-order valence-electron chi connectivity index (χ1n) is 12.3. The summed E-state index contributed by atoms with van der Waals surface area (Å²) in [6.45, 7) is -4.42. The molecule has 18 heteroatoms. The Morgan fingerprint density at radius 1 is 0.342 bits per heavy atom. The topological polar surface area (TPSA) is 69.5 Å². The molecule has 0 atom stereocenters. The molecule has 38 heavy (non-hydrogen) atoms. The molecule has 0 spiro atoms. The summed E-state index contributed by atoms with van der Waals surface area (Å²) in [6, 6.07) is 0. The summed E-state index contributed by atoms with van der Waals surface area (Å²) in [5.74, 6) is 0. The van der Waals surface area contributed by atoms with Gasteiger partial charge in [0.15, 0.2) is 0 Å². The van der Waals surface area contributed by atoms with Crippen LogP contribution in [0, 0.1) is 0 Å². The Morgan fingerprint density at radius 2 is 0.474 bits per heavy atom. The zero-order valence-electron chi connectivity index (χ0n) is 28.0. The Labute approximate surface area is 241 Å². The van der Waals surface area contributed by atoms with Crippen LogP contribution in [0.15, 0.2) is 13.5 Å². The van der Waals surface area contributed by atoms with Crippen LogP contribution in [0.1, 0.15) is 0 Å². The molecule has 0 aliphatic heterocycles. The Bertz CT molecular complexity index is 763. The minimum atomic E-state index is -4.42. The number of halogens is 1. The third kappa shape index (κ3) is 6.80. The van der Waals surface area contributed by atoms with Crippen LogP contribution in [0.4, 0.5) is 0 Å². The molecule has 0 radical (unpaired) electrons. The van der Waals surface area contributed by atoms with E-state index in [4.69, 9.17) is 24.8 Å². The maximum absolute atomic E-state index is 8.28. The summed E-state index contributed by atoms with van der Waals surface area (Å²) in [6.07, 6.45) is 0. The van der Waals surface area contributed by atoms with Crippen molar-refractivity contribution < 1.29 is 0 Å². The second kappa shape index (κ2) is 13.5. The van der Waals surface area contributed by atoms with Crippen molar-refractivity contribution in [2.24, 2.45) is 13.5 Å². The second-order valence-corrected chi connectivity index (χ2v) is 28.0. The normalized spacial score (nSPS) is 15.8. The predicted molar refractivity (Wildman–Crippen MR) is 178 cm³/mol. The van der Waals surface area contributed by atoms with Gasteiger partial charge in [0, 0.05) is 0 Å². The molecule has 0 heterocycles. The number of hydrogen-bond donors (Lipinski definition) is 0. The van der Waals surface area contributed by atoms with Crippen molar-refractivity contribution in [3.8, 4) is 0 Å². The predicted octanol–water partition coefficient (Wildman–Crippen LogP) is 4.81. The number of rotatable bonds is 13. The molecule has 0 aromatic heterocycles. The summed E-state index contributed by atoms with van der Waals surface area (Å²) in [7, 11) is 33.3. The Hall–Kier alpha value is 1.01. The van der Waals surface area contributed by atoms with Gasteiger partial charge in [-0.3, -0.25) is 0 Å². The second-order valence-electron chi connectivity index (χ2n) is 11.2. The summed E-state index contributed by atoms with van der Waals surface area (Å²) in [5.41, 5.74) is 0. The van der Waals surface area contributed by atoms with Gasteiger partial charge in [-0.15, -0.1) is 0 Å². The van der Waals surface area contributed by atoms with Crippen LogP contribution in [-0.2, 0) is 0 Å². The zero-order chi connectivity index (χ0) is 30.8. The SMILES string of the molecule is CN(C)P(=NP(Cl)(N=P(N(C)C)(N(C)C)N(C)C)(N=P(N(C)C)(N(C)C)N(C)C)N(C)C)(N(C)C)N(C)C. The van der Waals surface area contributed by atoms with Gasteiger partial charge < -0.3 is 0 Å². The van der Waals surface area contributed by atoms with E-state index in [-0.39, 0.29) is 0 Å². The molecule has 0 aliphatic rings. The van der Waals surface area contributed by atoms with Crippen LogP contribution < -0.4 is 0 Å². The molecule has 0 saturated heterocycles. The van der Waals surface area contributed by atoms with E-state index in [9.17, 15) is 0 Å². The van der Waals surface area contributed by atoms with Crippen LogP contribution in [0.3, 0.4) is 0 Å². The Kier molecular flexibility index (Phi) is 13.9. The molecule has 13 nitrogen and oxygen atoms in total. The van der Waals surface area contributed by atoms with E-state index in [1.54, 1.807) is 0 Å². The third-order valence-electron chi connectivity index (χ3n) is 6.34. The van der Waals surface area contributed by atoms with E-state index in [1.165, 1.54) is 0 Å². The first-order valence-corrected chi connectivity index (χ1v) is 20.1. The zero-order valence-corrected chi connectivity index (χ0v) is 32.3. The van der Waals surface area contributed by atoms with Gasteiger partial charge in [0.05, 0.1) is 0 Å². The van der Waals surface area contributed by atoms with Crippen LogP contribution in [-0.4, -0.2) is 188 Å². The monoisotopic (exact) mass is 641 g/mol.